The van der Waals surface area contributed by atoms with Crippen molar-refractivity contribution in [3.63, 3.8) is 0 Å². The molecule has 0 radical (unpaired) electrons. The van der Waals surface area contributed by atoms with E-state index in [1.165, 1.54) is 5.56 Å². The average Bonchev–Trinajstić information content (AvgIpc) is 2.27. The van der Waals surface area contributed by atoms with Crippen LogP contribution in [0.25, 0.3) is 0 Å². The van der Waals surface area contributed by atoms with Crippen molar-refractivity contribution >= 4 is 0 Å². The van der Waals surface area contributed by atoms with Crippen molar-refractivity contribution in [2.75, 3.05) is 13.7 Å². The number of rotatable bonds is 6. The number of hydrogen-bond acceptors (Lipinski definition) is 3. The van der Waals surface area contributed by atoms with Crippen LogP contribution in [0.1, 0.15) is 18.4 Å². The van der Waals surface area contributed by atoms with E-state index in [1.807, 2.05) is 31.3 Å². The van der Waals surface area contributed by atoms with Gasteiger partial charge in [0.25, 0.3) is 0 Å². The number of nitriles is 1. The molecule has 0 aliphatic carbocycles. The molecule has 3 heteroatoms. The Hall–Kier alpha value is -1.53. The van der Waals surface area contributed by atoms with Gasteiger partial charge in [0.1, 0.15) is 5.75 Å². The highest BCUT2D eigenvalue weighted by Crippen LogP contribution is 2.12. The van der Waals surface area contributed by atoms with Crippen LogP contribution in [0.3, 0.4) is 0 Å². The molecule has 0 fully saturated rings. The molecule has 3 nitrogen and oxygen atoms in total. The summed E-state index contributed by atoms with van der Waals surface area (Å²) in [5, 5.41) is 11.4. The fourth-order valence-electron chi connectivity index (χ4n) is 1.25. The minimum absolute atomic E-state index is 0.553. The fourth-order valence-corrected chi connectivity index (χ4v) is 1.25. The lowest BCUT2D eigenvalue weighted by molar-refractivity contribution is 0.312. The predicted octanol–water partition coefficient (Wildman–Crippen LogP) is 2.09. The quantitative estimate of drug-likeness (QED) is 0.722. The molecule has 1 N–H and O–H groups in total. The maximum Gasteiger partial charge on any atom is 0.119 e. The van der Waals surface area contributed by atoms with Gasteiger partial charge in [0.05, 0.1) is 12.7 Å². The van der Waals surface area contributed by atoms with Gasteiger partial charge in [-0.3, -0.25) is 0 Å². The fraction of sp³-hybridized carbons (Fsp3) is 0.417. The van der Waals surface area contributed by atoms with Crippen LogP contribution in [0.5, 0.6) is 5.75 Å². The zero-order chi connectivity index (χ0) is 10.9. The number of nitrogens with one attached hydrogen (secondary N) is 1. The molecule has 0 heterocycles. The second-order valence-electron chi connectivity index (χ2n) is 3.28. The maximum atomic E-state index is 8.35. The van der Waals surface area contributed by atoms with Crippen LogP contribution in [0, 0.1) is 11.3 Å². The van der Waals surface area contributed by atoms with Gasteiger partial charge in [-0.1, -0.05) is 12.1 Å². The van der Waals surface area contributed by atoms with E-state index < -0.39 is 0 Å². The highest BCUT2D eigenvalue weighted by atomic mass is 16.5. The van der Waals surface area contributed by atoms with Crippen molar-refractivity contribution in [2.45, 2.75) is 19.4 Å². The SMILES string of the molecule is CNCc1ccc(OCCCC#N)cc1. The first-order valence-corrected chi connectivity index (χ1v) is 5.10. The normalized spacial score (nSPS) is 9.60. The highest BCUT2D eigenvalue weighted by molar-refractivity contribution is 5.27. The smallest absolute Gasteiger partial charge is 0.119 e. The van der Waals surface area contributed by atoms with Crippen LogP contribution < -0.4 is 10.1 Å². The van der Waals surface area contributed by atoms with Crippen molar-refractivity contribution < 1.29 is 4.74 Å². The largest absolute Gasteiger partial charge is 0.494 e. The molecule has 1 rings (SSSR count). The summed E-state index contributed by atoms with van der Waals surface area (Å²) in [5.74, 6) is 0.868. The second-order valence-corrected chi connectivity index (χ2v) is 3.28. The molecule has 0 saturated heterocycles. The van der Waals surface area contributed by atoms with E-state index in [0.29, 0.717) is 13.0 Å². The lowest BCUT2D eigenvalue weighted by atomic mass is 10.2. The van der Waals surface area contributed by atoms with Gasteiger partial charge in [0.15, 0.2) is 0 Å². The second kappa shape index (κ2) is 6.86. The van der Waals surface area contributed by atoms with Gasteiger partial charge in [-0.15, -0.1) is 0 Å². The first kappa shape index (κ1) is 11.5. The van der Waals surface area contributed by atoms with Crippen LogP contribution in [0.4, 0.5) is 0 Å². The maximum absolute atomic E-state index is 8.35. The molecule has 1 aromatic rings. The van der Waals surface area contributed by atoms with Gasteiger partial charge in [-0.25, -0.2) is 0 Å². The highest BCUT2D eigenvalue weighted by Gasteiger charge is 1.94. The summed E-state index contributed by atoms with van der Waals surface area (Å²) in [5.41, 5.74) is 1.24. The minimum atomic E-state index is 0.553. The molecule has 0 aromatic heterocycles. The zero-order valence-corrected chi connectivity index (χ0v) is 8.99. The van der Waals surface area contributed by atoms with E-state index in [-0.39, 0.29) is 0 Å². The van der Waals surface area contributed by atoms with Crippen LogP contribution in [0.2, 0.25) is 0 Å². The Morgan fingerprint density at radius 3 is 2.67 bits per heavy atom. The molecule has 0 amide bonds. The van der Waals surface area contributed by atoms with Gasteiger partial charge in [0.2, 0.25) is 0 Å². The van der Waals surface area contributed by atoms with Gasteiger partial charge < -0.3 is 10.1 Å². The third-order valence-corrected chi connectivity index (χ3v) is 2.01. The van der Waals surface area contributed by atoms with Gasteiger partial charge in [0, 0.05) is 13.0 Å². The van der Waals surface area contributed by atoms with Crippen LogP contribution in [-0.4, -0.2) is 13.7 Å². The molecule has 80 valence electrons. The summed E-state index contributed by atoms with van der Waals surface area (Å²) in [6.45, 7) is 1.48. The molecule has 15 heavy (non-hydrogen) atoms. The van der Waals surface area contributed by atoms with E-state index in [2.05, 4.69) is 11.4 Å². The third kappa shape index (κ3) is 4.48. The Bertz CT molecular complexity index is 313. The molecule has 0 atom stereocenters. The van der Waals surface area contributed by atoms with Crippen molar-refractivity contribution in [2.24, 2.45) is 0 Å². The molecule has 0 spiro atoms. The minimum Gasteiger partial charge on any atom is -0.494 e. The lowest BCUT2D eigenvalue weighted by Crippen LogP contribution is -2.04. The summed E-state index contributed by atoms with van der Waals surface area (Å²) in [6.07, 6.45) is 1.34. The molecule has 0 saturated carbocycles. The monoisotopic (exact) mass is 204 g/mol. The number of benzene rings is 1. The predicted molar refractivity (Wildman–Crippen MR) is 59.5 cm³/mol. The van der Waals surface area contributed by atoms with E-state index in [4.69, 9.17) is 10.00 Å². The van der Waals surface area contributed by atoms with Crippen LogP contribution in [-0.2, 0) is 6.54 Å². The van der Waals surface area contributed by atoms with Crippen LogP contribution >= 0.6 is 0 Å². The van der Waals surface area contributed by atoms with E-state index in [1.54, 1.807) is 0 Å². The van der Waals surface area contributed by atoms with Crippen molar-refractivity contribution in [3.8, 4) is 11.8 Å². The average molecular weight is 204 g/mol. The Morgan fingerprint density at radius 2 is 2.07 bits per heavy atom. The molecular weight excluding hydrogens is 188 g/mol. The lowest BCUT2D eigenvalue weighted by Gasteiger charge is -2.05. The van der Waals surface area contributed by atoms with E-state index >= 15 is 0 Å². The van der Waals surface area contributed by atoms with Crippen molar-refractivity contribution in [1.29, 1.82) is 5.26 Å². The van der Waals surface area contributed by atoms with Crippen molar-refractivity contribution in [3.05, 3.63) is 29.8 Å². The molecule has 0 aliphatic rings. The van der Waals surface area contributed by atoms with Gasteiger partial charge >= 0.3 is 0 Å². The third-order valence-electron chi connectivity index (χ3n) is 2.01. The molecule has 1 aromatic carbocycles. The summed E-state index contributed by atoms with van der Waals surface area (Å²) in [7, 11) is 1.92. The summed E-state index contributed by atoms with van der Waals surface area (Å²) in [4.78, 5) is 0. The first-order chi connectivity index (χ1) is 7.36. The molecular formula is C12H16N2O. The topological polar surface area (TPSA) is 45.0 Å². The Balaban J connectivity index is 2.33. The van der Waals surface area contributed by atoms with Gasteiger partial charge in [-0.05, 0) is 31.2 Å². The standard InChI is InChI=1S/C12H16N2O/c1-14-10-11-4-6-12(7-5-11)15-9-3-2-8-13/h4-7,14H,2-3,9-10H2,1H3. The van der Waals surface area contributed by atoms with Crippen LogP contribution in [0.15, 0.2) is 24.3 Å². The van der Waals surface area contributed by atoms with Gasteiger partial charge in [-0.2, -0.15) is 5.26 Å². The molecule has 0 bridgehead atoms. The van der Waals surface area contributed by atoms with E-state index in [0.717, 1.165) is 18.7 Å². The number of hydrogen-bond donors (Lipinski definition) is 1. The molecule has 0 aliphatic heterocycles. The molecule has 0 unspecified atom stereocenters. The first-order valence-electron chi connectivity index (χ1n) is 5.10. The summed E-state index contributed by atoms with van der Waals surface area (Å²) in [6, 6.07) is 10.1. The summed E-state index contributed by atoms with van der Waals surface area (Å²) < 4.78 is 5.47. The number of ether oxygens (including phenoxy) is 1. The van der Waals surface area contributed by atoms with E-state index in [9.17, 15) is 0 Å². The Kier molecular flexibility index (Phi) is 5.28. The Morgan fingerprint density at radius 1 is 1.33 bits per heavy atom. The number of unbranched alkanes of at least 4 members (excludes halogenated alkanes) is 1. The zero-order valence-electron chi connectivity index (χ0n) is 8.99. The van der Waals surface area contributed by atoms with Crippen molar-refractivity contribution in [1.82, 2.24) is 5.32 Å². The Labute approximate surface area is 90.7 Å². The number of nitrogens with zero attached hydrogens (tertiary/aromatic N) is 1. The summed E-state index contributed by atoms with van der Waals surface area (Å²) >= 11 is 0.